The van der Waals surface area contributed by atoms with Gasteiger partial charge in [0.1, 0.15) is 0 Å². The van der Waals surface area contributed by atoms with Crippen LogP contribution < -0.4 is 5.32 Å². The van der Waals surface area contributed by atoms with E-state index in [1.54, 1.807) is 23.2 Å². The van der Waals surface area contributed by atoms with Crippen LogP contribution in [-0.2, 0) is 11.2 Å². The number of benzene rings is 1. The van der Waals surface area contributed by atoms with Crippen LogP contribution in [-0.4, -0.2) is 46.0 Å². The summed E-state index contributed by atoms with van der Waals surface area (Å²) in [7, 11) is 0. The fourth-order valence-electron chi connectivity index (χ4n) is 4.05. The maximum atomic E-state index is 13.0. The number of carbonyl (C=O) groups excluding carboxylic acids is 2. The number of rotatable bonds is 5. The van der Waals surface area contributed by atoms with E-state index in [0.29, 0.717) is 37.0 Å². The largest absolute Gasteiger partial charge is 0.353 e. The number of aryl methyl sites for hydroxylation is 1. The Morgan fingerprint density at radius 1 is 1.23 bits per heavy atom. The van der Waals surface area contributed by atoms with E-state index in [1.165, 1.54) is 5.56 Å². The average Bonchev–Trinajstić information content (AvgIpc) is 3.19. The molecule has 0 saturated carbocycles. The maximum absolute atomic E-state index is 13.0. The lowest BCUT2D eigenvalue weighted by Gasteiger charge is -2.38. The van der Waals surface area contributed by atoms with Crippen LogP contribution in [0.25, 0.3) is 11.0 Å². The molecule has 2 aromatic heterocycles. The Balaban J connectivity index is 1.39. The topological polar surface area (TPSA) is 88.3 Å². The predicted molar refractivity (Wildman–Crippen MR) is 113 cm³/mol. The van der Waals surface area contributed by atoms with Gasteiger partial charge in [0, 0.05) is 25.3 Å². The lowest BCUT2D eigenvalue weighted by Crippen LogP contribution is -2.52. The Bertz CT molecular complexity index is 1040. The molecule has 7 heteroatoms. The lowest BCUT2D eigenvalue weighted by molar-refractivity contribution is -0.121. The van der Waals surface area contributed by atoms with E-state index in [4.69, 9.17) is 4.52 Å². The van der Waals surface area contributed by atoms with E-state index >= 15 is 0 Å². The molecule has 30 heavy (non-hydrogen) atoms. The summed E-state index contributed by atoms with van der Waals surface area (Å²) in [6.45, 7) is 5.26. The smallest absolute Gasteiger partial charge is 0.293 e. The first kappa shape index (κ1) is 20.1. The summed E-state index contributed by atoms with van der Waals surface area (Å²) in [6, 6.07) is 11.6. The molecule has 0 unspecified atom stereocenters. The van der Waals surface area contributed by atoms with Crippen LogP contribution in [0.15, 0.2) is 47.1 Å². The second-order valence-corrected chi connectivity index (χ2v) is 7.93. The molecule has 1 N–H and O–H groups in total. The number of hydrogen-bond donors (Lipinski definition) is 1. The molecule has 3 heterocycles. The number of pyridine rings is 1. The normalized spacial score (nSPS) is 19.1. The standard InChI is InChI=1S/C23H26N4O3/c1-3-17-14-27(23(29)21-18-5-4-11-24-22(18)26-30-21)12-10-19(17)25-20(28)13-16-8-6-15(2)7-9-16/h4-9,11,17,19H,3,10,12-14H2,1-2H3,(H,25,28)/t17-,19+/m1/s1. The van der Waals surface area contributed by atoms with Crippen LogP contribution in [0.1, 0.15) is 41.4 Å². The minimum Gasteiger partial charge on any atom is -0.353 e. The van der Waals surface area contributed by atoms with Crippen molar-refractivity contribution in [3.63, 3.8) is 0 Å². The summed E-state index contributed by atoms with van der Waals surface area (Å²) in [5, 5.41) is 7.70. The number of likely N-dealkylation sites (tertiary alicyclic amines) is 1. The van der Waals surface area contributed by atoms with Crippen LogP contribution in [0.3, 0.4) is 0 Å². The van der Waals surface area contributed by atoms with Gasteiger partial charge in [-0.2, -0.15) is 0 Å². The lowest BCUT2D eigenvalue weighted by atomic mass is 9.89. The highest BCUT2D eigenvalue weighted by molar-refractivity contribution is 6.02. The molecule has 3 aromatic rings. The summed E-state index contributed by atoms with van der Waals surface area (Å²) in [5.41, 5.74) is 2.62. The van der Waals surface area contributed by atoms with Crippen molar-refractivity contribution in [1.82, 2.24) is 20.4 Å². The van der Waals surface area contributed by atoms with Gasteiger partial charge in [0.15, 0.2) is 0 Å². The molecular formula is C23H26N4O3. The Kier molecular flexibility index (Phi) is 5.79. The zero-order chi connectivity index (χ0) is 21.1. The van der Waals surface area contributed by atoms with Gasteiger partial charge in [-0.25, -0.2) is 4.98 Å². The van der Waals surface area contributed by atoms with Crippen molar-refractivity contribution in [3.05, 3.63) is 59.5 Å². The van der Waals surface area contributed by atoms with E-state index in [2.05, 4.69) is 22.4 Å². The molecule has 1 aliphatic rings. The third-order valence-electron chi connectivity index (χ3n) is 5.83. The van der Waals surface area contributed by atoms with E-state index in [1.807, 2.05) is 31.2 Å². The molecule has 1 aliphatic heterocycles. The number of nitrogens with one attached hydrogen (secondary N) is 1. The van der Waals surface area contributed by atoms with Gasteiger partial charge in [0.05, 0.1) is 11.8 Å². The minimum atomic E-state index is -0.173. The van der Waals surface area contributed by atoms with Crippen LogP contribution in [0.4, 0.5) is 0 Å². The van der Waals surface area contributed by atoms with Crippen LogP contribution >= 0.6 is 0 Å². The van der Waals surface area contributed by atoms with Crippen molar-refractivity contribution in [3.8, 4) is 0 Å². The van der Waals surface area contributed by atoms with Crippen molar-refractivity contribution in [2.24, 2.45) is 5.92 Å². The van der Waals surface area contributed by atoms with Gasteiger partial charge in [-0.1, -0.05) is 41.9 Å². The second-order valence-electron chi connectivity index (χ2n) is 7.93. The Morgan fingerprint density at radius 2 is 2.03 bits per heavy atom. The van der Waals surface area contributed by atoms with Crippen molar-refractivity contribution in [2.75, 3.05) is 13.1 Å². The molecule has 1 fully saturated rings. The molecule has 0 aliphatic carbocycles. The molecule has 0 bridgehead atoms. The SMILES string of the molecule is CC[C@@H]1CN(C(=O)c2onc3ncccc23)CC[C@@H]1NC(=O)Cc1ccc(C)cc1. The maximum Gasteiger partial charge on any atom is 0.293 e. The molecule has 0 radical (unpaired) electrons. The number of fused-ring (bicyclic) bond motifs is 1. The molecule has 0 spiro atoms. The van der Waals surface area contributed by atoms with E-state index in [9.17, 15) is 9.59 Å². The number of piperidine rings is 1. The Hall–Kier alpha value is -3.22. The van der Waals surface area contributed by atoms with E-state index in [-0.39, 0.29) is 29.5 Å². The van der Waals surface area contributed by atoms with Gasteiger partial charge in [-0.3, -0.25) is 9.59 Å². The minimum absolute atomic E-state index is 0.0226. The van der Waals surface area contributed by atoms with Crippen molar-refractivity contribution in [1.29, 1.82) is 0 Å². The third-order valence-corrected chi connectivity index (χ3v) is 5.83. The number of hydrogen-bond acceptors (Lipinski definition) is 5. The Labute approximate surface area is 175 Å². The predicted octanol–water partition coefficient (Wildman–Crippen LogP) is 3.13. The number of amides is 2. The van der Waals surface area contributed by atoms with Gasteiger partial charge in [-0.05, 0) is 43.4 Å². The number of aromatic nitrogens is 2. The van der Waals surface area contributed by atoms with Crippen LogP contribution in [0.5, 0.6) is 0 Å². The molecule has 1 aromatic carbocycles. The highest BCUT2D eigenvalue weighted by Crippen LogP contribution is 2.24. The van der Waals surface area contributed by atoms with Gasteiger partial charge in [-0.15, -0.1) is 0 Å². The number of carbonyl (C=O) groups is 2. The fourth-order valence-corrected chi connectivity index (χ4v) is 4.05. The highest BCUT2D eigenvalue weighted by atomic mass is 16.5. The molecule has 1 saturated heterocycles. The average molecular weight is 406 g/mol. The fraction of sp³-hybridized carbons (Fsp3) is 0.391. The zero-order valence-corrected chi connectivity index (χ0v) is 17.3. The molecule has 156 valence electrons. The molecule has 4 rings (SSSR count). The van der Waals surface area contributed by atoms with Crippen molar-refractivity contribution < 1.29 is 14.1 Å². The summed E-state index contributed by atoms with van der Waals surface area (Å²) >= 11 is 0. The van der Waals surface area contributed by atoms with Gasteiger partial charge >= 0.3 is 0 Å². The third kappa shape index (κ3) is 4.20. The van der Waals surface area contributed by atoms with Crippen LogP contribution in [0, 0.1) is 12.8 Å². The molecule has 2 atom stereocenters. The second kappa shape index (κ2) is 8.65. The summed E-state index contributed by atoms with van der Waals surface area (Å²) in [6.07, 6.45) is 3.58. The first-order chi connectivity index (χ1) is 14.5. The van der Waals surface area contributed by atoms with Gasteiger partial charge < -0.3 is 14.7 Å². The number of nitrogens with zero attached hydrogens (tertiary/aromatic N) is 3. The highest BCUT2D eigenvalue weighted by Gasteiger charge is 2.33. The first-order valence-electron chi connectivity index (χ1n) is 10.4. The summed E-state index contributed by atoms with van der Waals surface area (Å²) in [4.78, 5) is 31.5. The zero-order valence-electron chi connectivity index (χ0n) is 17.3. The van der Waals surface area contributed by atoms with Crippen molar-refractivity contribution in [2.45, 2.75) is 39.2 Å². The quantitative estimate of drug-likeness (QED) is 0.703. The summed E-state index contributed by atoms with van der Waals surface area (Å²) < 4.78 is 5.29. The monoisotopic (exact) mass is 406 g/mol. The first-order valence-corrected chi connectivity index (χ1v) is 10.4. The van der Waals surface area contributed by atoms with E-state index in [0.717, 1.165) is 12.0 Å². The molecular weight excluding hydrogens is 380 g/mol. The van der Waals surface area contributed by atoms with Gasteiger partial charge in [0.25, 0.3) is 5.91 Å². The van der Waals surface area contributed by atoms with Gasteiger partial charge in [0.2, 0.25) is 17.3 Å². The van der Waals surface area contributed by atoms with E-state index < -0.39 is 0 Å². The van der Waals surface area contributed by atoms with Crippen LogP contribution in [0.2, 0.25) is 0 Å². The molecule has 2 amide bonds. The molecule has 7 nitrogen and oxygen atoms in total. The summed E-state index contributed by atoms with van der Waals surface area (Å²) in [5.74, 6) is 0.273. The van der Waals surface area contributed by atoms with Crippen molar-refractivity contribution >= 4 is 22.8 Å². The Morgan fingerprint density at radius 3 is 2.80 bits per heavy atom.